The molecule has 0 bridgehead atoms. The molecule has 0 saturated heterocycles. The highest BCUT2D eigenvalue weighted by Gasteiger charge is 2.06. The predicted molar refractivity (Wildman–Crippen MR) is 76.6 cm³/mol. The Labute approximate surface area is 112 Å². The van der Waals surface area contributed by atoms with Gasteiger partial charge < -0.3 is 9.30 Å². The Balaban J connectivity index is 2.02. The summed E-state index contributed by atoms with van der Waals surface area (Å²) in [5.41, 5.74) is 3.29. The summed E-state index contributed by atoms with van der Waals surface area (Å²) in [6, 6.07) is 14.3. The van der Waals surface area contributed by atoms with Crippen LogP contribution in [0.25, 0.3) is 10.9 Å². The molecule has 0 aliphatic carbocycles. The molecule has 0 N–H and O–H groups in total. The molecule has 0 saturated carbocycles. The van der Waals surface area contributed by atoms with Crippen LogP contribution in [0.5, 0.6) is 5.75 Å². The summed E-state index contributed by atoms with van der Waals surface area (Å²) in [5, 5.41) is 1.14. The number of aryl methyl sites for hydroxylation is 1. The molecule has 3 nitrogen and oxygen atoms in total. The minimum atomic E-state index is 0.776. The smallest absolute Gasteiger partial charge is 0.128 e. The van der Waals surface area contributed by atoms with Crippen LogP contribution < -0.4 is 4.74 Å². The molecule has 3 rings (SSSR count). The van der Waals surface area contributed by atoms with Gasteiger partial charge in [-0.2, -0.15) is 0 Å². The van der Waals surface area contributed by atoms with Crippen LogP contribution in [-0.4, -0.2) is 16.7 Å². The zero-order valence-corrected chi connectivity index (χ0v) is 11.1. The van der Waals surface area contributed by atoms with Crippen molar-refractivity contribution in [3.05, 3.63) is 60.0 Å². The summed E-state index contributed by atoms with van der Waals surface area (Å²) in [6.07, 6.45) is 2.08. The Kier molecular flexibility index (Phi) is 2.95. The van der Waals surface area contributed by atoms with E-state index >= 15 is 0 Å². The van der Waals surface area contributed by atoms with Crippen molar-refractivity contribution < 1.29 is 4.74 Å². The third kappa shape index (κ3) is 2.19. The molecule has 0 atom stereocenters. The summed E-state index contributed by atoms with van der Waals surface area (Å²) < 4.78 is 7.58. The van der Waals surface area contributed by atoms with E-state index in [2.05, 4.69) is 33.9 Å². The number of aromatic nitrogens is 2. The first-order chi connectivity index (χ1) is 9.28. The lowest BCUT2D eigenvalue weighted by atomic mass is 10.2. The average molecular weight is 252 g/mol. The van der Waals surface area contributed by atoms with Gasteiger partial charge in [0.15, 0.2) is 0 Å². The molecular weight excluding hydrogens is 236 g/mol. The molecule has 0 radical (unpaired) electrons. The second-order valence-corrected chi connectivity index (χ2v) is 4.61. The number of hydrogen-bond donors (Lipinski definition) is 0. The number of benzene rings is 1. The third-order valence-electron chi connectivity index (χ3n) is 3.27. The van der Waals surface area contributed by atoms with E-state index in [1.807, 2.05) is 31.2 Å². The molecule has 0 aliphatic heterocycles. The second kappa shape index (κ2) is 4.76. The Morgan fingerprint density at radius 3 is 2.74 bits per heavy atom. The van der Waals surface area contributed by atoms with Crippen LogP contribution in [0.15, 0.2) is 48.7 Å². The van der Waals surface area contributed by atoms with Crippen LogP contribution in [0.4, 0.5) is 0 Å². The Hall–Kier alpha value is -2.29. The van der Waals surface area contributed by atoms with E-state index in [-0.39, 0.29) is 0 Å². The Morgan fingerprint density at radius 1 is 1.11 bits per heavy atom. The normalized spacial score (nSPS) is 10.8. The fourth-order valence-electron chi connectivity index (χ4n) is 2.37. The molecule has 3 heteroatoms. The van der Waals surface area contributed by atoms with Crippen molar-refractivity contribution in [2.45, 2.75) is 13.5 Å². The van der Waals surface area contributed by atoms with Gasteiger partial charge in [0.1, 0.15) is 5.75 Å². The minimum Gasteiger partial charge on any atom is -0.496 e. The predicted octanol–water partition coefficient (Wildman–Crippen LogP) is 3.40. The molecule has 19 heavy (non-hydrogen) atoms. The molecule has 0 unspecified atom stereocenters. The molecule has 0 amide bonds. The number of ether oxygens (including phenoxy) is 1. The highest BCUT2D eigenvalue weighted by molar-refractivity contribution is 5.86. The first-order valence-electron chi connectivity index (χ1n) is 6.32. The summed E-state index contributed by atoms with van der Waals surface area (Å²) in [4.78, 5) is 4.55. The number of rotatable bonds is 3. The quantitative estimate of drug-likeness (QED) is 0.714. The molecule has 0 spiro atoms. The number of hydrogen-bond acceptors (Lipinski definition) is 2. The maximum Gasteiger partial charge on any atom is 0.128 e. The first kappa shape index (κ1) is 11.8. The van der Waals surface area contributed by atoms with Crippen LogP contribution in [-0.2, 0) is 6.54 Å². The van der Waals surface area contributed by atoms with E-state index in [1.54, 1.807) is 7.11 Å². The fourth-order valence-corrected chi connectivity index (χ4v) is 2.37. The van der Waals surface area contributed by atoms with Gasteiger partial charge in [0.05, 0.1) is 24.9 Å². The maximum atomic E-state index is 5.38. The third-order valence-corrected chi connectivity index (χ3v) is 3.27. The van der Waals surface area contributed by atoms with Crippen molar-refractivity contribution in [1.29, 1.82) is 0 Å². The number of methoxy groups -OCH3 is 1. The lowest BCUT2D eigenvalue weighted by Gasteiger charge is -2.07. The van der Waals surface area contributed by atoms with Crippen molar-refractivity contribution in [3.63, 3.8) is 0 Å². The second-order valence-electron chi connectivity index (χ2n) is 4.61. The lowest BCUT2D eigenvalue weighted by molar-refractivity contribution is 0.420. The lowest BCUT2D eigenvalue weighted by Crippen LogP contribution is -2.00. The zero-order valence-electron chi connectivity index (χ0n) is 11.1. The molecule has 96 valence electrons. The van der Waals surface area contributed by atoms with Crippen molar-refractivity contribution >= 4 is 10.9 Å². The highest BCUT2D eigenvalue weighted by Crippen LogP contribution is 2.26. The summed E-state index contributed by atoms with van der Waals surface area (Å²) in [6.45, 7) is 2.79. The van der Waals surface area contributed by atoms with Gasteiger partial charge >= 0.3 is 0 Å². The molecule has 0 fully saturated rings. The van der Waals surface area contributed by atoms with Gasteiger partial charge in [-0.3, -0.25) is 4.98 Å². The number of pyridine rings is 1. The van der Waals surface area contributed by atoms with Crippen LogP contribution in [0.1, 0.15) is 11.4 Å². The molecule has 1 aromatic carbocycles. The maximum absolute atomic E-state index is 5.38. The van der Waals surface area contributed by atoms with E-state index in [0.717, 1.165) is 29.1 Å². The van der Waals surface area contributed by atoms with Gasteiger partial charge in [-0.05, 0) is 37.3 Å². The molecule has 3 aromatic rings. The van der Waals surface area contributed by atoms with Crippen LogP contribution in [0.2, 0.25) is 0 Å². The van der Waals surface area contributed by atoms with Crippen molar-refractivity contribution in [1.82, 2.24) is 9.55 Å². The zero-order chi connectivity index (χ0) is 13.2. The fraction of sp³-hybridized carbons (Fsp3) is 0.188. The summed E-state index contributed by atoms with van der Waals surface area (Å²) >= 11 is 0. The van der Waals surface area contributed by atoms with E-state index in [0.29, 0.717) is 0 Å². The topological polar surface area (TPSA) is 27.1 Å². The number of nitrogens with zero attached hydrogens (tertiary/aromatic N) is 2. The first-order valence-corrected chi connectivity index (χ1v) is 6.32. The summed E-state index contributed by atoms with van der Waals surface area (Å²) in [7, 11) is 1.70. The van der Waals surface area contributed by atoms with Gasteiger partial charge in [-0.15, -0.1) is 0 Å². The van der Waals surface area contributed by atoms with Crippen LogP contribution in [0.3, 0.4) is 0 Å². The minimum absolute atomic E-state index is 0.776. The van der Waals surface area contributed by atoms with Gasteiger partial charge in [-0.25, -0.2) is 0 Å². The summed E-state index contributed by atoms with van der Waals surface area (Å²) in [5.74, 6) is 0.911. The van der Waals surface area contributed by atoms with E-state index in [9.17, 15) is 0 Å². The van der Waals surface area contributed by atoms with E-state index in [4.69, 9.17) is 4.74 Å². The monoisotopic (exact) mass is 252 g/mol. The van der Waals surface area contributed by atoms with Crippen molar-refractivity contribution in [3.8, 4) is 5.75 Å². The van der Waals surface area contributed by atoms with Crippen molar-refractivity contribution in [2.24, 2.45) is 0 Å². The Bertz CT molecular complexity index is 716. The molecular formula is C16H16N2O. The Morgan fingerprint density at radius 2 is 1.95 bits per heavy atom. The highest BCUT2D eigenvalue weighted by atomic mass is 16.5. The van der Waals surface area contributed by atoms with Crippen LogP contribution in [0, 0.1) is 6.92 Å². The largest absolute Gasteiger partial charge is 0.496 e. The SMILES string of the molecule is COc1cccc2c1ccn2Cc1cccc(C)n1. The standard InChI is InChI=1S/C16H16N2O/c1-12-5-3-6-13(17-12)11-18-10-9-14-15(18)7-4-8-16(14)19-2/h3-10H,11H2,1-2H3. The van der Waals surface area contributed by atoms with Gasteiger partial charge in [0.2, 0.25) is 0 Å². The van der Waals surface area contributed by atoms with E-state index in [1.165, 1.54) is 5.52 Å². The average Bonchev–Trinajstić information content (AvgIpc) is 2.82. The van der Waals surface area contributed by atoms with Gasteiger partial charge in [0, 0.05) is 17.3 Å². The van der Waals surface area contributed by atoms with Gasteiger partial charge in [0.25, 0.3) is 0 Å². The van der Waals surface area contributed by atoms with E-state index < -0.39 is 0 Å². The molecule has 0 aliphatic rings. The number of fused-ring (bicyclic) bond motifs is 1. The van der Waals surface area contributed by atoms with Crippen molar-refractivity contribution in [2.75, 3.05) is 7.11 Å². The van der Waals surface area contributed by atoms with Crippen LogP contribution >= 0.6 is 0 Å². The van der Waals surface area contributed by atoms with Gasteiger partial charge in [-0.1, -0.05) is 12.1 Å². The molecule has 2 aromatic heterocycles. The molecule has 2 heterocycles.